The number of hydrogen-bond acceptors (Lipinski definition) is 9. The molecule has 1 fully saturated rings. The molecule has 9 nitrogen and oxygen atoms in total. The number of carbonyl (C=O) groups excluding carboxylic acids is 1. The minimum Gasteiger partial charge on any atom is -0.393 e. The molecule has 0 spiro atoms. The number of nitrogens with zero attached hydrogens (tertiary/aromatic N) is 5. The van der Waals surface area contributed by atoms with Gasteiger partial charge in [-0.05, 0) is 67.8 Å². The summed E-state index contributed by atoms with van der Waals surface area (Å²) in [6, 6.07) is 10.1. The van der Waals surface area contributed by atoms with Crippen LogP contribution >= 0.6 is 23.1 Å². The van der Waals surface area contributed by atoms with Gasteiger partial charge >= 0.3 is 0 Å². The highest BCUT2D eigenvalue weighted by Gasteiger charge is 2.20. The highest BCUT2D eigenvalue weighted by Crippen LogP contribution is 2.33. The molecule has 160 valence electrons. The first-order chi connectivity index (χ1) is 15.0. The molecule has 4 aromatic rings. The summed E-state index contributed by atoms with van der Waals surface area (Å²) in [4.78, 5) is 16.7. The lowest BCUT2D eigenvalue weighted by Crippen LogP contribution is -2.28. The van der Waals surface area contributed by atoms with Crippen molar-refractivity contribution in [3.63, 3.8) is 0 Å². The molecule has 0 atom stereocenters. The number of thiazole rings is 1. The van der Waals surface area contributed by atoms with Crippen LogP contribution in [0.15, 0.2) is 40.4 Å². The maximum Gasteiger partial charge on any atom is 0.223 e. The first kappa shape index (κ1) is 20.2. The van der Waals surface area contributed by atoms with Crippen molar-refractivity contribution in [3.05, 3.63) is 30.3 Å². The Kier molecular flexibility index (Phi) is 5.47. The van der Waals surface area contributed by atoms with Crippen LogP contribution in [0.25, 0.3) is 15.9 Å². The van der Waals surface area contributed by atoms with E-state index in [0.29, 0.717) is 22.0 Å². The van der Waals surface area contributed by atoms with Crippen LogP contribution < -0.4 is 10.6 Å². The second kappa shape index (κ2) is 8.40. The summed E-state index contributed by atoms with van der Waals surface area (Å²) >= 11 is 2.91. The van der Waals surface area contributed by atoms with E-state index in [-0.39, 0.29) is 12.0 Å². The fraction of sp³-hybridized carbons (Fsp3) is 0.350. The van der Waals surface area contributed by atoms with Crippen molar-refractivity contribution < 1.29 is 9.90 Å². The number of aliphatic hydroxyl groups is 1. The Bertz CT molecular complexity index is 1250. The van der Waals surface area contributed by atoms with Crippen molar-refractivity contribution in [2.24, 2.45) is 0 Å². The summed E-state index contributed by atoms with van der Waals surface area (Å²) in [6.07, 6.45) is 3.31. The average Bonchev–Trinajstić information content (AvgIpc) is 3.32. The molecule has 1 aliphatic rings. The molecular formula is C20H21N7O2S2. The molecule has 1 aromatic carbocycles. The molecule has 0 unspecified atom stereocenters. The van der Waals surface area contributed by atoms with Gasteiger partial charge in [0.25, 0.3) is 0 Å². The van der Waals surface area contributed by atoms with Crippen LogP contribution in [-0.4, -0.2) is 48.0 Å². The first-order valence-electron chi connectivity index (χ1n) is 10.1. The number of aliphatic hydroxyl groups excluding tert-OH is 1. The van der Waals surface area contributed by atoms with E-state index in [1.54, 1.807) is 4.52 Å². The molecule has 5 rings (SSSR count). The largest absolute Gasteiger partial charge is 0.393 e. The molecule has 11 heteroatoms. The highest BCUT2D eigenvalue weighted by atomic mass is 32.2. The normalized spacial score (nSPS) is 19.0. The van der Waals surface area contributed by atoms with Crippen LogP contribution in [0.2, 0.25) is 0 Å². The second-order valence-electron chi connectivity index (χ2n) is 7.55. The average molecular weight is 456 g/mol. The van der Waals surface area contributed by atoms with Gasteiger partial charge in [-0.25, -0.2) is 4.98 Å². The predicted octanol–water partition coefficient (Wildman–Crippen LogP) is 3.56. The van der Waals surface area contributed by atoms with Crippen LogP contribution in [0.4, 0.5) is 10.9 Å². The zero-order valence-corrected chi connectivity index (χ0v) is 18.4. The van der Waals surface area contributed by atoms with Gasteiger partial charge in [-0.15, -0.1) is 15.3 Å². The van der Waals surface area contributed by atoms with Crippen molar-refractivity contribution >= 4 is 55.8 Å². The Hall–Kier alpha value is -2.76. The van der Waals surface area contributed by atoms with E-state index < -0.39 is 0 Å². The fourth-order valence-electron chi connectivity index (χ4n) is 3.62. The number of benzene rings is 1. The Labute approximate surface area is 186 Å². The summed E-state index contributed by atoms with van der Waals surface area (Å²) in [5.41, 5.74) is 1.52. The lowest BCUT2D eigenvalue weighted by molar-refractivity contribution is -0.114. The molecule has 0 radical (unpaired) electrons. The number of nitrogens with one attached hydrogen (secondary N) is 2. The Morgan fingerprint density at radius 2 is 2.03 bits per heavy atom. The summed E-state index contributed by atoms with van der Waals surface area (Å²) < 4.78 is 2.72. The second-order valence-corrected chi connectivity index (χ2v) is 9.62. The van der Waals surface area contributed by atoms with Crippen molar-refractivity contribution in [1.29, 1.82) is 0 Å². The Morgan fingerprint density at radius 3 is 2.84 bits per heavy atom. The maximum atomic E-state index is 11.3. The highest BCUT2D eigenvalue weighted by molar-refractivity contribution is 7.99. The van der Waals surface area contributed by atoms with Gasteiger partial charge < -0.3 is 15.7 Å². The number of carbonyl (C=O) groups is 1. The summed E-state index contributed by atoms with van der Waals surface area (Å²) in [7, 11) is 0. The molecule has 0 saturated heterocycles. The van der Waals surface area contributed by atoms with E-state index in [0.717, 1.165) is 46.6 Å². The molecule has 3 aromatic heterocycles. The number of hydrogen-bond donors (Lipinski definition) is 3. The van der Waals surface area contributed by atoms with Crippen molar-refractivity contribution in [2.45, 2.75) is 54.8 Å². The first-order valence-corrected chi connectivity index (χ1v) is 11.7. The Morgan fingerprint density at radius 1 is 1.19 bits per heavy atom. The molecule has 3 N–H and O–H groups in total. The minimum atomic E-state index is -0.181. The molecule has 1 saturated carbocycles. The molecule has 1 amide bonds. The van der Waals surface area contributed by atoms with E-state index in [1.165, 1.54) is 30.0 Å². The third kappa shape index (κ3) is 4.48. The molecule has 0 aliphatic heterocycles. The zero-order chi connectivity index (χ0) is 21.4. The van der Waals surface area contributed by atoms with Gasteiger partial charge in [-0.2, -0.15) is 4.52 Å². The van der Waals surface area contributed by atoms with E-state index >= 15 is 0 Å². The van der Waals surface area contributed by atoms with Crippen molar-refractivity contribution in [3.8, 4) is 0 Å². The zero-order valence-electron chi connectivity index (χ0n) is 16.8. The van der Waals surface area contributed by atoms with Gasteiger partial charge in [-0.3, -0.25) is 4.79 Å². The van der Waals surface area contributed by atoms with Gasteiger partial charge in [0.05, 0.1) is 16.3 Å². The third-order valence-corrected chi connectivity index (χ3v) is 7.00. The molecule has 0 bridgehead atoms. The number of fused-ring (bicyclic) bond motifs is 2. The number of amides is 1. The number of aromatic nitrogens is 5. The van der Waals surface area contributed by atoms with Crippen LogP contribution in [-0.2, 0) is 4.79 Å². The quantitative estimate of drug-likeness (QED) is 0.418. The maximum absolute atomic E-state index is 11.3. The number of rotatable bonds is 5. The minimum absolute atomic E-state index is 0.136. The molecule has 1 aliphatic carbocycles. The van der Waals surface area contributed by atoms with Crippen LogP contribution in [0.3, 0.4) is 0 Å². The van der Waals surface area contributed by atoms with Crippen molar-refractivity contribution in [2.75, 3.05) is 10.6 Å². The molecular weight excluding hydrogens is 434 g/mol. The van der Waals surface area contributed by atoms with Crippen LogP contribution in [0, 0.1) is 0 Å². The summed E-state index contributed by atoms with van der Waals surface area (Å²) in [5.74, 6) is 0.636. The predicted molar refractivity (Wildman–Crippen MR) is 121 cm³/mol. The van der Waals surface area contributed by atoms with Gasteiger partial charge in [0.2, 0.25) is 11.1 Å². The molecule has 3 heterocycles. The van der Waals surface area contributed by atoms with Crippen LogP contribution in [0.1, 0.15) is 32.6 Å². The van der Waals surface area contributed by atoms with E-state index in [4.69, 9.17) is 0 Å². The lowest BCUT2D eigenvalue weighted by atomic mass is 9.93. The smallest absolute Gasteiger partial charge is 0.223 e. The van der Waals surface area contributed by atoms with E-state index in [1.807, 2.05) is 30.3 Å². The van der Waals surface area contributed by atoms with Crippen molar-refractivity contribution in [1.82, 2.24) is 24.8 Å². The monoisotopic (exact) mass is 455 g/mol. The van der Waals surface area contributed by atoms with E-state index in [2.05, 4.69) is 30.9 Å². The topological polar surface area (TPSA) is 117 Å². The number of anilines is 2. The fourth-order valence-corrected chi connectivity index (χ4v) is 5.47. The van der Waals surface area contributed by atoms with Gasteiger partial charge in [0, 0.05) is 17.9 Å². The lowest BCUT2D eigenvalue weighted by Gasteiger charge is -2.26. The van der Waals surface area contributed by atoms with Crippen LogP contribution in [0.5, 0.6) is 0 Å². The molecule has 31 heavy (non-hydrogen) atoms. The van der Waals surface area contributed by atoms with Gasteiger partial charge in [0.15, 0.2) is 10.8 Å². The van der Waals surface area contributed by atoms with E-state index in [9.17, 15) is 9.90 Å². The SMILES string of the molecule is CC(=O)Nc1nc2ccc(Sc3nnc4ccc(NC5CCC(O)CC5)nn34)cc2s1. The van der Waals surface area contributed by atoms with Gasteiger partial charge in [-0.1, -0.05) is 11.3 Å². The standard InChI is InChI=1S/C20H21N7O2S2/c1-11(28)21-19-23-15-7-6-14(10-16(15)31-19)30-20-25-24-18-9-8-17(26-27(18)20)22-12-2-4-13(29)5-3-12/h6-10,12-13,29H,2-5H2,1H3,(H,22,26)(H,21,23,28). The third-order valence-electron chi connectivity index (χ3n) is 5.13. The Balaban J connectivity index is 1.36. The summed E-state index contributed by atoms with van der Waals surface area (Å²) in [5, 5.41) is 30.4. The summed E-state index contributed by atoms with van der Waals surface area (Å²) in [6.45, 7) is 1.47. The van der Waals surface area contributed by atoms with Gasteiger partial charge in [0.1, 0.15) is 5.82 Å².